The first-order valence-corrected chi connectivity index (χ1v) is 11.1. The summed E-state index contributed by atoms with van der Waals surface area (Å²) >= 11 is 2.19. The molecule has 0 saturated carbocycles. The van der Waals surface area contributed by atoms with E-state index in [0.717, 1.165) is 33.7 Å². The molecule has 0 bridgehead atoms. The van der Waals surface area contributed by atoms with Crippen molar-refractivity contribution in [1.82, 2.24) is 15.4 Å². The molecule has 7 nitrogen and oxygen atoms in total. The van der Waals surface area contributed by atoms with Crippen molar-refractivity contribution in [2.75, 3.05) is 18.8 Å². The van der Waals surface area contributed by atoms with Gasteiger partial charge in [-0.05, 0) is 37.8 Å². The highest BCUT2D eigenvalue weighted by atomic mass is 32.2. The summed E-state index contributed by atoms with van der Waals surface area (Å²) in [6.45, 7) is 3.88. The number of carbonyl (C=O) groups is 3. The van der Waals surface area contributed by atoms with Crippen molar-refractivity contribution in [3.63, 3.8) is 0 Å². The Labute approximate surface area is 181 Å². The Morgan fingerprint density at radius 1 is 1.33 bits per heavy atom. The molecule has 0 aliphatic carbocycles. The minimum absolute atomic E-state index is 0.0551. The van der Waals surface area contributed by atoms with Gasteiger partial charge in [-0.1, -0.05) is 23.4 Å². The molecule has 0 unspecified atom stereocenters. The molecule has 1 saturated heterocycles. The van der Waals surface area contributed by atoms with Crippen LogP contribution in [0.25, 0.3) is 6.08 Å². The minimum atomic E-state index is -0.490. The van der Waals surface area contributed by atoms with E-state index in [1.54, 1.807) is 12.1 Å². The Morgan fingerprint density at radius 3 is 2.80 bits per heavy atom. The van der Waals surface area contributed by atoms with Gasteiger partial charge in [0.25, 0.3) is 11.1 Å². The second-order valence-electron chi connectivity index (χ2n) is 6.50. The van der Waals surface area contributed by atoms with Crippen LogP contribution < -0.4 is 5.32 Å². The number of amides is 3. The lowest BCUT2D eigenvalue weighted by molar-refractivity contribution is -0.123. The number of aryl methyl sites for hydroxylation is 2. The van der Waals surface area contributed by atoms with Crippen molar-refractivity contribution in [2.24, 2.45) is 0 Å². The van der Waals surface area contributed by atoms with Crippen molar-refractivity contribution in [3.8, 4) is 0 Å². The van der Waals surface area contributed by atoms with Gasteiger partial charge in [-0.25, -0.2) is 4.39 Å². The van der Waals surface area contributed by atoms with Gasteiger partial charge in [-0.15, -0.1) is 11.8 Å². The number of carbonyl (C=O) groups excluding carboxylic acids is 3. The van der Waals surface area contributed by atoms with Crippen molar-refractivity contribution in [1.29, 1.82) is 0 Å². The summed E-state index contributed by atoms with van der Waals surface area (Å²) in [4.78, 5) is 37.8. The maximum atomic E-state index is 13.8. The Kier molecular flexibility index (Phi) is 7.33. The van der Waals surface area contributed by atoms with Gasteiger partial charge in [0.1, 0.15) is 11.6 Å². The van der Waals surface area contributed by atoms with Crippen LogP contribution in [-0.2, 0) is 15.3 Å². The molecule has 2 aromatic rings. The number of nitrogens with zero attached hydrogens (tertiary/aromatic N) is 2. The molecule has 1 fully saturated rings. The number of imide groups is 1. The molecule has 0 spiro atoms. The topological polar surface area (TPSA) is 92.5 Å². The number of hydrogen-bond donors (Lipinski definition) is 1. The Balaban J connectivity index is 1.45. The minimum Gasteiger partial charge on any atom is -0.361 e. The molecule has 1 aromatic heterocycles. The summed E-state index contributed by atoms with van der Waals surface area (Å²) in [5.41, 5.74) is 2.03. The van der Waals surface area contributed by atoms with Crippen LogP contribution in [0.15, 0.2) is 33.7 Å². The number of nitrogens with one attached hydrogen (secondary N) is 1. The van der Waals surface area contributed by atoms with E-state index < -0.39 is 17.0 Å². The fourth-order valence-corrected chi connectivity index (χ4v) is 4.60. The molecular formula is C20H20FN3O4S2. The van der Waals surface area contributed by atoms with Crippen LogP contribution in [0.1, 0.15) is 22.6 Å². The molecule has 10 heteroatoms. The van der Waals surface area contributed by atoms with Crippen LogP contribution in [0.2, 0.25) is 0 Å². The molecule has 1 N–H and O–H groups in total. The van der Waals surface area contributed by atoms with Crippen molar-refractivity contribution < 1.29 is 23.3 Å². The molecule has 0 radical (unpaired) electrons. The van der Waals surface area contributed by atoms with Crippen LogP contribution in [0, 0.1) is 19.7 Å². The third kappa shape index (κ3) is 5.31. The van der Waals surface area contributed by atoms with Crippen LogP contribution in [0.4, 0.5) is 9.18 Å². The summed E-state index contributed by atoms with van der Waals surface area (Å²) in [6, 6.07) is 6.02. The Hall–Kier alpha value is -2.59. The lowest BCUT2D eigenvalue weighted by Gasteiger charge is -2.13. The maximum absolute atomic E-state index is 13.8. The van der Waals surface area contributed by atoms with Crippen LogP contribution >= 0.6 is 23.5 Å². The van der Waals surface area contributed by atoms with E-state index in [4.69, 9.17) is 4.52 Å². The molecule has 3 rings (SSSR count). The van der Waals surface area contributed by atoms with E-state index >= 15 is 0 Å². The van der Waals surface area contributed by atoms with E-state index in [1.165, 1.54) is 30.0 Å². The zero-order chi connectivity index (χ0) is 21.7. The second kappa shape index (κ2) is 9.94. The SMILES string of the molecule is Cc1noc(C)c1CSCC(=O)NCCN1C(=O)S/C(=C\c2ccccc2F)C1=O. The number of hydrogen-bond acceptors (Lipinski definition) is 7. The van der Waals surface area contributed by atoms with Gasteiger partial charge < -0.3 is 9.84 Å². The highest BCUT2D eigenvalue weighted by Crippen LogP contribution is 2.32. The third-order valence-corrected chi connectivity index (χ3v) is 6.25. The van der Waals surface area contributed by atoms with E-state index in [1.807, 2.05) is 13.8 Å². The number of rotatable bonds is 8. The summed E-state index contributed by atoms with van der Waals surface area (Å²) in [5.74, 6) is 0.433. The fraction of sp³-hybridized carbons (Fsp3) is 0.300. The highest BCUT2D eigenvalue weighted by Gasteiger charge is 2.34. The Bertz CT molecular complexity index is 986. The van der Waals surface area contributed by atoms with Gasteiger partial charge in [0.2, 0.25) is 5.91 Å². The average molecular weight is 450 g/mol. The Morgan fingerprint density at radius 2 is 2.10 bits per heavy atom. The molecule has 30 heavy (non-hydrogen) atoms. The van der Waals surface area contributed by atoms with Gasteiger partial charge in [0.05, 0.1) is 16.4 Å². The summed E-state index contributed by atoms with van der Waals surface area (Å²) < 4.78 is 18.9. The number of aromatic nitrogens is 1. The summed E-state index contributed by atoms with van der Waals surface area (Å²) in [6.07, 6.45) is 1.37. The molecule has 2 heterocycles. The van der Waals surface area contributed by atoms with Crippen LogP contribution in [-0.4, -0.2) is 46.0 Å². The van der Waals surface area contributed by atoms with Crippen LogP contribution in [0.3, 0.4) is 0 Å². The number of thioether (sulfide) groups is 2. The quantitative estimate of drug-likeness (QED) is 0.617. The van der Waals surface area contributed by atoms with Crippen molar-refractivity contribution in [3.05, 3.63) is 57.6 Å². The summed E-state index contributed by atoms with van der Waals surface area (Å²) in [5, 5.41) is 6.13. The lowest BCUT2D eigenvalue weighted by atomic mass is 10.2. The first kappa shape index (κ1) is 22.1. The van der Waals surface area contributed by atoms with Gasteiger partial charge >= 0.3 is 0 Å². The van der Waals surface area contributed by atoms with E-state index in [9.17, 15) is 18.8 Å². The molecule has 158 valence electrons. The number of halogens is 1. The van der Waals surface area contributed by atoms with Gasteiger partial charge in [0.15, 0.2) is 0 Å². The van der Waals surface area contributed by atoms with Crippen molar-refractivity contribution >= 4 is 46.7 Å². The molecule has 0 atom stereocenters. The molecule has 1 aromatic carbocycles. The third-order valence-electron chi connectivity index (χ3n) is 4.38. The molecule has 3 amide bonds. The second-order valence-corrected chi connectivity index (χ2v) is 8.48. The van der Waals surface area contributed by atoms with E-state index in [2.05, 4.69) is 10.5 Å². The predicted octanol–water partition coefficient (Wildman–Crippen LogP) is 3.52. The largest absolute Gasteiger partial charge is 0.361 e. The normalized spacial score (nSPS) is 15.3. The zero-order valence-corrected chi connectivity index (χ0v) is 18.1. The standard InChI is InChI=1S/C20H20FN3O4S2/c1-12-15(13(2)28-23-12)10-29-11-18(25)22-7-8-24-19(26)17(30-20(24)27)9-14-5-3-4-6-16(14)21/h3-6,9H,7-8,10-11H2,1-2H3,(H,22,25)/b17-9-. The average Bonchev–Trinajstić information content (AvgIpc) is 3.17. The first-order chi connectivity index (χ1) is 14.4. The van der Waals surface area contributed by atoms with E-state index in [-0.39, 0.29) is 35.2 Å². The zero-order valence-electron chi connectivity index (χ0n) is 16.4. The highest BCUT2D eigenvalue weighted by molar-refractivity contribution is 8.18. The molecule has 1 aliphatic heterocycles. The predicted molar refractivity (Wildman–Crippen MR) is 114 cm³/mol. The molecular weight excluding hydrogens is 429 g/mol. The van der Waals surface area contributed by atoms with Gasteiger partial charge in [0, 0.05) is 30.0 Å². The van der Waals surface area contributed by atoms with Crippen LogP contribution in [0.5, 0.6) is 0 Å². The van der Waals surface area contributed by atoms with Gasteiger partial charge in [-0.2, -0.15) is 0 Å². The number of benzene rings is 1. The smallest absolute Gasteiger partial charge is 0.293 e. The lowest BCUT2D eigenvalue weighted by Crippen LogP contribution is -2.37. The molecule has 1 aliphatic rings. The first-order valence-electron chi connectivity index (χ1n) is 9.13. The summed E-state index contributed by atoms with van der Waals surface area (Å²) in [7, 11) is 0. The van der Waals surface area contributed by atoms with Gasteiger partial charge in [-0.3, -0.25) is 19.3 Å². The van der Waals surface area contributed by atoms with E-state index in [0.29, 0.717) is 5.75 Å². The monoisotopic (exact) mass is 449 g/mol. The van der Waals surface area contributed by atoms with Crippen molar-refractivity contribution in [2.45, 2.75) is 19.6 Å². The fourth-order valence-electron chi connectivity index (χ4n) is 2.74. The maximum Gasteiger partial charge on any atom is 0.293 e.